The van der Waals surface area contributed by atoms with Crippen molar-refractivity contribution in [3.8, 4) is 0 Å². The van der Waals surface area contributed by atoms with Crippen LogP contribution in [0.15, 0.2) is 29.8 Å². The molecule has 0 bridgehead atoms. The van der Waals surface area contributed by atoms with Crippen molar-refractivity contribution in [1.82, 2.24) is 14.9 Å². The van der Waals surface area contributed by atoms with E-state index >= 15 is 0 Å². The molecule has 0 atom stereocenters. The maximum absolute atomic E-state index is 12.5. The summed E-state index contributed by atoms with van der Waals surface area (Å²) >= 11 is 1.26. The molecule has 23 heavy (non-hydrogen) atoms. The van der Waals surface area contributed by atoms with Crippen molar-refractivity contribution in [1.29, 1.82) is 0 Å². The van der Waals surface area contributed by atoms with E-state index in [9.17, 15) is 9.59 Å². The second kappa shape index (κ2) is 6.74. The molecule has 0 unspecified atom stereocenters. The maximum Gasteiger partial charge on any atom is 0.273 e. The molecule has 2 aromatic rings. The van der Waals surface area contributed by atoms with Crippen LogP contribution in [0.4, 0.5) is 10.9 Å². The predicted molar refractivity (Wildman–Crippen MR) is 88.8 cm³/mol. The van der Waals surface area contributed by atoms with Gasteiger partial charge < -0.3 is 15.1 Å². The second-order valence-corrected chi connectivity index (χ2v) is 6.04. The van der Waals surface area contributed by atoms with Gasteiger partial charge in [-0.1, -0.05) is 6.07 Å². The first-order chi connectivity index (χ1) is 11.1. The molecule has 8 heteroatoms. The Morgan fingerprint density at radius 2 is 2.00 bits per heavy atom. The van der Waals surface area contributed by atoms with E-state index in [0.717, 1.165) is 18.9 Å². The number of nitrogens with one attached hydrogen (secondary N) is 1. The molecule has 1 aliphatic heterocycles. The topological polar surface area (TPSA) is 78.4 Å². The molecule has 1 fully saturated rings. The normalized spacial score (nSPS) is 14.7. The fourth-order valence-electron chi connectivity index (χ4n) is 2.42. The van der Waals surface area contributed by atoms with E-state index < -0.39 is 0 Å². The van der Waals surface area contributed by atoms with E-state index in [-0.39, 0.29) is 11.8 Å². The lowest BCUT2D eigenvalue weighted by Gasteiger charge is -2.35. The number of aromatic nitrogens is 2. The molecule has 2 aromatic heterocycles. The lowest BCUT2D eigenvalue weighted by atomic mass is 10.3. The van der Waals surface area contributed by atoms with Crippen LogP contribution in [-0.4, -0.2) is 52.9 Å². The van der Waals surface area contributed by atoms with Crippen LogP contribution in [0.2, 0.25) is 0 Å². The predicted octanol–water partition coefficient (Wildman–Crippen LogP) is 1.46. The Morgan fingerprint density at radius 3 is 2.65 bits per heavy atom. The molecule has 3 rings (SSSR count). The molecular formula is C15H17N5O2S. The number of piperazine rings is 1. The fraction of sp³-hybridized carbons (Fsp3) is 0.333. The molecule has 2 amide bonds. The Bertz CT molecular complexity index is 695. The SMILES string of the molecule is CC(=O)Nc1nc(C(=O)N2CCN(c3ccccn3)CC2)cs1. The number of carbonyl (C=O) groups excluding carboxylic acids is 2. The van der Waals surface area contributed by atoms with Gasteiger partial charge in [0, 0.05) is 44.7 Å². The van der Waals surface area contributed by atoms with Crippen LogP contribution < -0.4 is 10.2 Å². The Balaban J connectivity index is 1.60. The number of anilines is 2. The summed E-state index contributed by atoms with van der Waals surface area (Å²) in [7, 11) is 0. The zero-order chi connectivity index (χ0) is 16.2. The highest BCUT2D eigenvalue weighted by atomic mass is 32.1. The quantitative estimate of drug-likeness (QED) is 0.921. The number of pyridine rings is 1. The molecule has 7 nitrogen and oxygen atoms in total. The number of carbonyl (C=O) groups is 2. The van der Waals surface area contributed by atoms with Crippen molar-refractivity contribution in [2.75, 3.05) is 36.4 Å². The lowest BCUT2D eigenvalue weighted by Crippen LogP contribution is -2.49. The van der Waals surface area contributed by atoms with Crippen molar-refractivity contribution in [3.05, 3.63) is 35.5 Å². The smallest absolute Gasteiger partial charge is 0.273 e. The van der Waals surface area contributed by atoms with E-state index in [1.807, 2.05) is 18.2 Å². The monoisotopic (exact) mass is 331 g/mol. The summed E-state index contributed by atoms with van der Waals surface area (Å²) in [6.07, 6.45) is 1.77. The Kier molecular flexibility index (Phi) is 4.52. The van der Waals surface area contributed by atoms with Crippen molar-refractivity contribution in [2.24, 2.45) is 0 Å². The van der Waals surface area contributed by atoms with Crippen LogP contribution >= 0.6 is 11.3 Å². The van der Waals surface area contributed by atoms with Gasteiger partial charge >= 0.3 is 0 Å². The summed E-state index contributed by atoms with van der Waals surface area (Å²) in [6.45, 7) is 4.15. The number of thiazole rings is 1. The van der Waals surface area contributed by atoms with Gasteiger partial charge in [0.25, 0.3) is 5.91 Å². The first-order valence-corrected chi connectivity index (χ1v) is 8.20. The molecule has 0 radical (unpaired) electrons. The number of nitrogens with zero attached hydrogens (tertiary/aromatic N) is 4. The summed E-state index contributed by atoms with van der Waals surface area (Å²) < 4.78 is 0. The molecule has 0 aliphatic carbocycles. The zero-order valence-electron chi connectivity index (χ0n) is 12.7. The van der Waals surface area contributed by atoms with Crippen LogP contribution in [0.25, 0.3) is 0 Å². The van der Waals surface area contributed by atoms with E-state index in [1.54, 1.807) is 16.5 Å². The van der Waals surface area contributed by atoms with Crippen molar-refractivity contribution < 1.29 is 9.59 Å². The van der Waals surface area contributed by atoms with E-state index in [0.29, 0.717) is 23.9 Å². The van der Waals surface area contributed by atoms with Gasteiger partial charge in [-0.15, -0.1) is 11.3 Å². The van der Waals surface area contributed by atoms with E-state index in [1.165, 1.54) is 18.3 Å². The first-order valence-electron chi connectivity index (χ1n) is 7.32. The zero-order valence-corrected chi connectivity index (χ0v) is 13.5. The van der Waals surface area contributed by atoms with Gasteiger partial charge in [-0.25, -0.2) is 9.97 Å². The third kappa shape index (κ3) is 3.65. The third-order valence-electron chi connectivity index (χ3n) is 3.55. The van der Waals surface area contributed by atoms with E-state index in [2.05, 4.69) is 20.2 Å². The Hall–Kier alpha value is -2.48. The highest BCUT2D eigenvalue weighted by Crippen LogP contribution is 2.18. The summed E-state index contributed by atoms with van der Waals surface area (Å²) in [4.78, 5) is 35.9. The van der Waals surface area contributed by atoms with Crippen LogP contribution in [0, 0.1) is 0 Å². The highest BCUT2D eigenvalue weighted by molar-refractivity contribution is 7.14. The summed E-state index contributed by atoms with van der Waals surface area (Å²) in [6, 6.07) is 5.81. The summed E-state index contributed by atoms with van der Waals surface area (Å²) in [5.41, 5.74) is 0.380. The van der Waals surface area contributed by atoms with Gasteiger partial charge in [0.2, 0.25) is 5.91 Å². The van der Waals surface area contributed by atoms with Gasteiger partial charge in [0.05, 0.1) is 0 Å². The minimum atomic E-state index is -0.192. The summed E-state index contributed by atoms with van der Waals surface area (Å²) in [5, 5.41) is 4.72. The molecular weight excluding hydrogens is 314 g/mol. The average Bonchev–Trinajstić information content (AvgIpc) is 3.03. The van der Waals surface area contributed by atoms with Crippen molar-refractivity contribution in [3.63, 3.8) is 0 Å². The standard InChI is InChI=1S/C15H17N5O2S/c1-11(21)17-15-18-12(10-23-15)14(22)20-8-6-19(7-9-20)13-4-2-3-5-16-13/h2-5,10H,6-9H2,1H3,(H,17,18,21). The molecule has 0 aromatic carbocycles. The molecule has 1 aliphatic rings. The number of amides is 2. The van der Waals surface area contributed by atoms with Crippen LogP contribution in [0.1, 0.15) is 17.4 Å². The minimum absolute atomic E-state index is 0.0986. The summed E-state index contributed by atoms with van der Waals surface area (Å²) in [5.74, 6) is 0.641. The molecule has 3 heterocycles. The van der Waals surface area contributed by atoms with Gasteiger partial charge in [0.15, 0.2) is 5.13 Å². The molecule has 0 spiro atoms. The second-order valence-electron chi connectivity index (χ2n) is 5.19. The molecule has 120 valence electrons. The van der Waals surface area contributed by atoms with Gasteiger partial charge in [-0.3, -0.25) is 9.59 Å². The largest absolute Gasteiger partial charge is 0.353 e. The van der Waals surface area contributed by atoms with Crippen LogP contribution in [0.5, 0.6) is 0 Å². The minimum Gasteiger partial charge on any atom is -0.353 e. The van der Waals surface area contributed by atoms with Gasteiger partial charge in [0.1, 0.15) is 11.5 Å². The molecule has 1 saturated heterocycles. The van der Waals surface area contributed by atoms with Crippen molar-refractivity contribution in [2.45, 2.75) is 6.92 Å². The number of rotatable bonds is 3. The average molecular weight is 331 g/mol. The maximum atomic E-state index is 12.5. The Labute approximate surface area is 138 Å². The van der Waals surface area contributed by atoms with Crippen LogP contribution in [0.3, 0.4) is 0 Å². The first kappa shape index (κ1) is 15.4. The van der Waals surface area contributed by atoms with Crippen LogP contribution in [-0.2, 0) is 4.79 Å². The number of hydrogen-bond acceptors (Lipinski definition) is 6. The van der Waals surface area contributed by atoms with Gasteiger partial charge in [-0.2, -0.15) is 0 Å². The Morgan fingerprint density at radius 1 is 1.22 bits per heavy atom. The molecule has 1 N–H and O–H groups in total. The third-order valence-corrected chi connectivity index (χ3v) is 4.30. The van der Waals surface area contributed by atoms with E-state index in [4.69, 9.17) is 0 Å². The number of hydrogen-bond donors (Lipinski definition) is 1. The van der Waals surface area contributed by atoms with Gasteiger partial charge in [-0.05, 0) is 12.1 Å². The molecule has 0 saturated carbocycles. The van der Waals surface area contributed by atoms with Crippen molar-refractivity contribution >= 4 is 34.1 Å². The fourth-order valence-corrected chi connectivity index (χ4v) is 3.15. The highest BCUT2D eigenvalue weighted by Gasteiger charge is 2.24. The lowest BCUT2D eigenvalue weighted by molar-refractivity contribution is -0.114.